The zero-order valence-corrected chi connectivity index (χ0v) is 13.3. The predicted molar refractivity (Wildman–Crippen MR) is 84.6 cm³/mol. The van der Waals surface area contributed by atoms with Crippen molar-refractivity contribution in [3.63, 3.8) is 0 Å². The molecular formula is C14H21N3O3S. The van der Waals surface area contributed by atoms with Gasteiger partial charge in [-0.2, -0.15) is 0 Å². The molecule has 7 heteroatoms. The number of nitrogens with two attached hydrogens (primary N) is 1. The minimum absolute atomic E-state index is 0.0241. The van der Waals surface area contributed by atoms with E-state index in [-0.39, 0.29) is 17.7 Å². The van der Waals surface area contributed by atoms with E-state index in [4.69, 9.17) is 10.5 Å². The van der Waals surface area contributed by atoms with Crippen LogP contribution in [0.3, 0.4) is 0 Å². The number of ether oxygens (including phenoxy) is 1. The molecule has 0 aliphatic carbocycles. The van der Waals surface area contributed by atoms with Crippen LogP contribution in [0.4, 0.5) is 10.5 Å². The van der Waals surface area contributed by atoms with Crippen molar-refractivity contribution in [2.45, 2.75) is 31.7 Å². The number of amides is 3. The van der Waals surface area contributed by atoms with Gasteiger partial charge in [-0.3, -0.25) is 10.1 Å². The van der Waals surface area contributed by atoms with Crippen molar-refractivity contribution in [3.05, 3.63) is 18.2 Å². The molecule has 21 heavy (non-hydrogen) atoms. The number of hydrogen-bond donors (Lipinski definition) is 3. The van der Waals surface area contributed by atoms with Crippen LogP contribution >= 0.6 is 11.8 Å². The summed E-state index contributed by atoms with van der Waals surface area (Å²) >= 11 is 1.26. The summed E-state index contributed by atoms with van der Waals surface area (Å²) in [6.07, 6.45) is 0. The Bertz CT molecular complexity index is 506. The molecule has 0 saturated heterocycles. The molecule has 1 rings (SSSR count). The van der Waals surface area contributed by atoms with E-state index < -0.39 is 6.03 Å². The lowest BCUT2D eigenvalue weighted by atomic mass is 10.3. The summed E-state index contributed by atoms with van der Waals surface area (Å²) in [6, 6.07) is 4.77. The first-order chi connectivity index (χ1) is 9.92. The summed E-state index contributed by atoms with van der Waals surface area (Å²) in [6.45, 7) is 6.09. The fourth-order valence-electron chi connectivity index (χ4n) is 1.50. The minimum atomic E-state index is -0.494. The van der Waals surface area contributed by atoms with Crippen molar-refractivity contribution in [2.75, 3.05) is 18.1 Å². The molecule has 0 fully saturated rings. The highest BCUT2D eigenvalue weighted by atomic mass is 32.2. The second-order valence-electron chi connectivity index (χ2n) is 4.60. The molecular weight excluding hydrogens is 290 g/mol. The highest BCUT2D eigenvalue weighted by molar-refractivity contribution is 8.00. The van der Waals surface area contributed by atoms with Gasteiger partial charge >= 0.3 is 6.03 Å². The summed E-state index contributed by atoms with van der Waals surface area (Å²) in [5, 5.41) is 4.84. The number of urea groups is 1. The SMILES string of the molecule is CCOc1ccc(N)c(SCC(=O)NC(=O)NC(C)C)c1. The van der Waals surface area contributed by atoms with Crippen molar-refractivity contribution >= 4 is 29.4 Å². The Morgan fingerprint density at radius 2 is 2.10 bits per heavy atom. The van der Waals surface area contributed by atoms with Crippen molar-refractivity contribution < 1.29 is 14.3 Å². The topological polar surface area (TPSA) is 93.4 Å². The molecule has 0 aliphatic rings. The Morgan fingerprint density at radius 1 is 1.38 bits per heavy atom. The Labute approximate surface area is 128 Å². The second-order valence-corrected chi connectivity index (χ2v) is 5.61. The van der Waals surface area contributed by atoms with Gasteiger partial charge in [0.2, 0.25) is 5.91 Å². The van der Waals surface area contributed by atoms with Gasteiger partial charge < -0.3 is 15.8 Å². The average molecular weight is 311 g/mol. The summed E-state index contributed by atoms with van der Waals surface area (Å²) in [5.41, 5.74) is 6.42. The van der Waals surface area contributed by atoms with E-state index in [0.29, 0.717) is 18.0 Å². The highest BCUT2D eigenvalue weighted by Crippen LogP contribution is 2.29. The van der Waals surface area contributed by atoms with Crippen molar-refractivity contribution in [2.24, 2.45) is 0 Å². The van der Waals surface area contributed by atoms with Gasteiger partial charge in [0.1, 0.15) is 5.75 Å². The first kappa shape index (κ1) is 17.2. The van der Waals surface area contributed by atoms with Crippen LogP contribution in [-0.4, -0.2) is 30.3 Å². The molecule has 0 aromatic heterocycles. The molecule has 116 valence electrons. The smallest absolute Gasteiger partial charge is 0.321 e. The third kappa shape index (κ3) is 6.40. The van der Waals surface area contributed by atoms with Crippen LogP contribution in [0.25, 0.3) is 0 Å². The molecule has 1 aromatic rings. The second kappa shape index (κ2) is 8.41. The number of thioether (sulfide) groups is 1. The maximum absolute atomic E-state index is 11.7. The van der Waals surface area contributed by atoms with Crippen molar-refractivity contribution in [3.8, 4) is 5.75 Å². The summed E-state index contributed by atoms with van der Waals surface area (Å²) < 4.78 is 5.38. The van der Waals surface area contributed by atoms with E-state index in [9.17, 15) is 9.59 Å². The number of anilines is 1. The number of carbonyl (C=O) groups is 2. The molecule has 0 atom stereocenters. The summed E-state index contributed by atoms with van der Waals surface area (Å²) in [4.78, 5) is 23.8. The van der Waals surface area contributed by atoms with Crippen LogP contribution in [0.5, 0.6) is 5.75 Å². The fourth-order valence-corrected chi connectivity index (χ4v) is 2.29. The Kier molecular flexibility index (Phi) is 6.87. The first-order valence-corrected chi connectivity index (χ1v) is 7.66. The third-order valence-corrected chi connectivity index (χ3v) is 3.40. The molecule has 0 saturated carbocycles. The molecule has 0 aliphatic heterocycles. The number of benzene rings is 1. The first-order valence-electron chi connectivity index (χ1n) is 6.67. The number of nitrogen functional groups attached to an aromatic ring is 1. The standard InChI is InChI=1S/C14H21N3O3S/c1-4-20-10-5-6-11(15)12(7-10)21-8-13(18)17-14(19)16-9(2)3/h5-7,9H,4,8,15H2,1-3H3,(H2,16,17,18,19). The molecule has 0 spiro atoms. The van der Waals surface area contributed by atoms with Gasteiger partial charge in [-0.1, -0.05) is 0 Å². The molecule has 0 unspecified atom stereocenters. The summed E-state index contributed by atoms with van der Waals surface area (Å²) in [7, 11) is 0. The maximum atomic E-state index is 11.7. The Balaban J connectivity index is 2.52. The van der Waals surface area contributed by atoms with Gasteiger partial charge in [0.25, 0.3) is 0 Å². The van der Waals surface area contributed by atoms with Crippen LogP contribution in [0.2, 0.25) is 0 Å². The lowest BCUT2D eigenvalue weighted by Gasteiger charge is -2.10. The van der Waals surface area contributed by atoms with E-state index in [0.717, 1.165) is 4.90 Å². The van der Waals surface area contributed by atoms with Crippen LogP contribution in [0.1, 0.15) is 20.8 Å². The van der Waals surface area contributed by atoms with Crippen LogP contribution in [0, 0.1) is 0 Å². The van der Waals surface area contributed by atoms with Gasteiger partial charge in [-0.25, -0.2) is 4.79 Å². The van der Waals surface area contributed by atoms with Crippen LogP contribution in [0.15, 0.2) is 23.1 Å². The fraction of sp³-hybridized carbons (Fsp3) is 0.429. The average Bonchev–Trinajstić information content (AvgIpc) is 2.38. The molecule has 0 bridgehead atoms. The molecule has 3 amide bonds. The van der Waals surface area contributed by atoms with E-state index in [2.05, 4.69) is 10.6 Å². The molecule has 4 N–H and O–H groups in total. The number of hydrogen-bond acceptors (Lipinski definition) is 5. The predicted octanol–water partition coefficient (Wildman–Crippen LogP) is 1.99. The number of imide groups is 1. The zero-order valence-electron chi connectivity index (χ0n) is 12.4. The lowest BCUT2D eigenvalue weighted by molar-refractivity contribution is -0.117. The highest BCUT2D eigenvalue weighted by Gasteiger charge is 2.10. The molecule has 1 aromatic carbocycles. The van der Waals surface area contributed by atoms with E-state index in [1.807, 2.05) is 20.8 Å². The maximum Gasteiger partial charge on any atom is 0.321 e. The van der Waals surface area contributed by atoms with Crippen molar-refractivity contribution in [1.82, 2.24) is 10.6 Å². The molecule has 6 nitrogen and oxygen atoms in total. The van der Waals surface area contributed by atoms with Gasteiger partial charge in [0, 0.05) is 16.6 Å². The Morgan fingerprint density at radius 3 is 2.71 bits per heavy atom. The van der Waals surface area contributed by atoms with Crippen LogP contribution < -0.4 is 21.1 Å². The van der Waals surface area contributed by atoms with Gasteiger partial charge in [-0.15, -0.1) is 11.8 Å². The van der Waals surface area contributed by atoms with Gasteiger partial charge in [0.05, 0.1) is 12.4 Å². The quantitative estimate of drug-likeness (QED) is 0.552. The summed E-state index contributed by atoms with van der Waals surface area (Å²) in [5.74, 6) is 0.428. The zero-order chi connectivity index (χ0) is 15.8. The largest absolute Gasteiger partial charge is 0.494 e. The van der Waals surface area contributed by atoms with E-state index in [1.54, 1.807) is 18.2 Å². The number of nitrogens with one attached hydrogen (secondary N) is 2. The minimum Gasteiger partial charge on any atom is -0.494 e. The molecule has 0 heterocycles. The Hall–Kier alpha value is -1.89. The third-order valence-electron chi connectivity index (χ3n) is 2.33. The van der Waals surface area contributed by atoms with E-state index >= 15 is 0 Å². The number of carbonyl (C=O) groups excluding carboxylic acids is 2. The lowest BCUT2D eigenvalue weighted by Crippen LogP contribution is -2.43. The molecule has 0 radical (unpaired) electrons. The van der Waals surface area contributed by atoms with Crippen molar-refractivity contribution in [1.29, 1.82) is 0 Å². The monoisotopic (exact) mass is 311 g/mol. The van der Waals surface area contributed by atoms with Crippen LogP contribution in [-0.2, 0) is 4.79 Å². The number of rotatable bonds is 6. The van der Waals surface area contributed by atoms with E-state index in [1.165, 1.54) is 11.8 Å². The van der Waals surface area contributed by atoms with Gasteiger partial charge in [0.15, 0.2) is 0 Å². The van der Waals surface area contributed by atoms with Gasteiger partial charge in [-0.05, 0) is 39.0 Å². The normalized spacial score (nSPS) is 10.3.